The van der Waals surface area contributed by atoms with E-state index in [2.05, 4.69) is 146 Å². The van der Waals surface area contributed by atoms with Crippen LogP contribution in [0.4, 0.5) is 0 Å². The molecule has 0 radical (unpaired) electrons. The quantitative estimate of drug-likeness (QED) is 0.146. The van der Waals surface area contributed by atoms with Gasteiger partial charge in [0.05, 0.1) is 0 Å². The maximum absolute atomic E-state index is 2.39. The standard InChI is InChI=1S/C48H24S4/c1-9-33-34-11-3-27-19-43(34)49-41(33)17-25(1)26-2-10-35-36-12-4-29(20-44(36)50-42(35)18-26)30-6-14-39-40-16-8-32(24-48(40)52-46(39)22-30)31-7-15-38-37-13-5-28(27)21-45(37)51-47(38)23-31/h1-24H. The second-order valence-electron chi connectivity index (χ2n) is 14.1. The summed E-state index contributed by atoms with van der Waals surface area (Å²) in [5.41, 5.74) is 10.2. The van der Waals surface area contributed by atoms with Crippen LogP contribution in [0.25, 0.3) is 125 Å². The van der Waals surface area contributed by atoms with Gasteiger partial charge in [-0.1, -0.05) is 97.1 Å². The summed E-state index contributed by atoms with van der Waals surface area (Å²) in [7, 11) is 0. The fraction of sp³-hybridized carbons (Fsp3) is 0. The molecule has 1 aliphatic heterocycles. The van der Waals surface area contributed by atoms with Crippen LogP contribution < -0.4 is 0 Å². The van der Waals surface area contributed by atoms with Crippen molar-refractivity contribution in [2.75, 3.05) is 0 Å². The number of benzene rings is 8. The molecule has 13 rings (SSSR count). The van der Waals surface area contributed by atoms with Gasteiger partial charge in [0.1, 0.15) is 0 Å². The molecule has 0 fully saturated rings. The molecule has 5 heterocycles. The van der Waals surface area contributed by atoms with Crippen LogP contribution in [-0.4, -0.2) is 0 Å². The lowest BCUT2D eigenvalue weighted by atomic mass is 9.99. The lowest BCUT2D eigenvalue weighted by Gasteiger charge is -2.04. The zero-order valence-electron chi connectivity index (χ0n) is 27.5. The van der Waals surface area contributed by atoms with Crippen LogP contribution in [0.2, 0.25) is 0 Å². The Balaban J connectivity index is 1.06. The van der Waals surface area contributed by atoms with E-state index in [1.165, 1.54) is 125 Å². The monoisotopic (exact) mass is 728 g/mol. The van der Waals surface area contributed by atoms with E-state index < -0.39 is 0 Å². The fourth-order valence-corrected chi connectivity index (χ4v) is 13.3. The molecule has 4 heteroatoms. The topological polar surface area (TPSA) is 0 Å². The summed E-state index contributed by atoms with van der Waals surface area (Å²) in [4.78, 5) is 0. The van der Waals surface area contributed by atoms with E-state index in [4.69, 9.17) is 0 Å². The summed E-state index contributed by atoms with van der Waals surface area (Å²) >= 11 is 7.62. The Morgan fingerprint density at radius 2 is 0.308 bits per heavy atom. The van der Waals surface area contributed by atoms with E-state index in [-0.39, 0.29) is 0 Å². The first kappa shape index (κ1) is 28.3. The van der Waals surface area contributed by atoms with Crippen molar-refractivity contribution in [3.63, 3.8) is 0 Å². The molecule has 8 aromatic carbocycles. The van der Waals surface area contributed by atoms with Crippen molar-refractivity contribution in [3.05, 3.63) is 146 Å². The predicted molar refractivity (Wildman–Crippen MR) is 233 cm³/mol. The number of rotatable bonds is 0. The summed E-state index contributed by atoms with van der Waals surface area (Å²) in [5.74, 6) is 0. The highest BCUT2D eigenvalue weighted by Gasteiger charge is 2.15. The van der Waals surface area contributed by atoms with Gasteiger partial charge in [-0.05, 0) is 93.0 Å². The van der Waals surface area contributed by atoms with Crippen LogP contribution >= 0.6 is 45.3 Å². The maximum Gasteiger partial charge on any atom is 0.0361 e. The van der Waals surface area contributed by atoms with Crippen molar-refractivity contribution >= 4 is 126 Å². The van der Waals surface area contributed by atoms with Gasteiger partial charge < -0.3 is 0 Å². The van der Waals surface area contributed by atoms with Gasteiger partial charge in [-0.3, -0.25) is 0 Å². The summed E-state index contributed by atoms with van der Waals surface area (Å²) < 4.78 is 10.7. The van der Waals surface area contributed by atoms with Gasteiger partial charge in [-0.25, -0.2) is 0 Å². The van der Waals surface area contributed by atoms with Crippen LogP contribution in [0.3, 0.4) is 0 Å². The highest BCUT2D eigenvalue weighted by molar-refractivity contribution is 7.27. The van der Waals surface area contributed by atoms with Crippen LogP contribution in [0.1, 0.15) is 0 Å². The highest BCUT2D eigenvalue weighted by Crippen LogP contribution is 2.44. The van der Waals surface area contributed by atoms with Gasteiger partial charge in [0.2, 0.25) is 0 Å². The van der Waals surface area contributed by atoms with Gasteiger partial charge in [-0.2, -0.15) is 0 Å². The maximum atomic E-state index is 2.39. The number of fused-ring (bicyclic) bond motifs is 16. The molecule has 52 heavy (non-hydrogen) atoms. The zero-order chi connectivity index (χ0) is 33.7. The predicted octanol–water partition coefficient (Wildman–Crippen LogP) is 16.1. The van der Waals surface area contributed by atoms with Crippen molar-refractivity contribution in [2.45, 2.75) is 0 Å². The van der Waals surface area contributed by atoms with Crippen molar-refractivity contribution in [3.8, 4) is 44.5 Å². The van der Waals surface area contributed by atoms with Crippen LogP contribution in [0, 0.1) is 0 Å². The SMILES string of the molecule is c1cc2c3cc1-c1ccc4c(c1)sc1cc(ccc14)-c1ccc4c(c1)sc1cc(ccc14)-c1ccc4c(c1)sc1cc(ccc14)-c1ccc2c(c1)s3. The Hall–Kier alpha value is -5.36. The third-order valence-corrected chi connectivity index (χ3v) is 15.7. The number of thiophene rings is 4. The lowest BCUT2D eigenvalue weighted by Crippen LogP contribution is -1.79. The van der Waals surface area contributed by atoms with Gasteiger partial charge in [0, 0.05) is 80.7 Å². The van der Waals surface area contributed by atoms with E-state index in [1.54, 1.807) is 0 Å². The summed E-state index contributed by atoms with van der Waals surface area (Å²) in [6, 6.07) is 56.2. The van der Waals surface area contributed by atoms with E-state index in [9.17, 15) is 0 Å². The molecule has 0 N–H and O–H groups in total. The minimum absolute atomic E-state index is 1.27. The third kappa shape index (κ3) is 3.95. The molecule has 0 amide bonds. The zero-order valence-corrected chi connectivity index (χ0v) is 30.8. The van der Waals surface area contributed by atoms with Crippen LogP contribution in [0.15, 0.2) is 146 Å². The fourth-order valence-electron chi connectivity index (χ4n) is 8.54. The second-order valence-corrected chi connectivity index (χ2v) is 18.4. The molecular formula is C48H24S4. The molecule has 0 saturated heterocycles. The largest absolute Gasteiger partial charge is 0.135 e. The second kappa shape index (κ2) is 10.2. The van der Waals surface area contributed by atoms with E-state index in [1.807, 2.05) is 45.3 Å². The molecule has 1 aliphatic rings. The first-order valence-electron chi connectivity index (χ1n) is 17.5. The Labute approximate surface area is 314 Å². The molecule has 0 spiro atoms. The average molecular weight is 729 g/mol. The van der Waals surface area contributed by atoms with Crippen molar-refractivity contribution in [1.82, 2.24) is 0 Å². The summed E-state index contributed by atoms with van der Waals surface area (Å²) in [6.07, 6.45) is 0. The minimum Gasteiger partial charge on any atom is -0.135 e. The molecule has 0 aliphatic carbocycles. The molecule has 0 unspecified atom stereocenters. The molecule has 0 nitrogen and oxygen atoms in total. The highest BCUT2D eigenvalue weighted by atomic mass is 32.1. The van der Waals surface area contributed by atoms with Crippen LogP contribution in [-0.2, 0) is 0 Å². The van der Waals surface area contributed by atoms with Crippen molar-refractivity contribution in [1.29, 1.82) is 0 Å². The molecule has 240 valence electrons. The first-order valence-corrected chi connectivity index (χ1v) is 20.8. The smallest absolute Gasteiger partial charge is 0.0361 e. The van der Waals surface area contributed by atoms with Gasteiger partial charge >= 0.3 is 0 Å². The Morgan fingerprint density at radius 1 is 0.173 bits per heavy atom. The van der Waals surface area contributed by atoms with E-state index in [0.717, 1.165) is 0 Å². The van der Waals surface area contributed by atoms with E-state index >= 15 is 0 Å². The molecule has 12 aromatic rings. The molecule has 4 aromatic heterocycles. The summed E-state index contributed by atoms with van der Waals surface area (Å²) in [6.45, 7) is 0. The Morgan fingerprint density at radius 3 is 0.442 bits per heavy atom. The summed E-state index contributed by atoms with van der Waals surface area (Å²) in [5, 5.41) is 10.7. The number of hydrogen-bond donors (Lipinski definition) is 0. The third-order valence-electron chi connectivity index (χ3n) is 11.2. The normalized spacial score (nSPS) is 12.6. The number of hydrogen-bond acceptors (Lipinski definition) is 4. The Bertz CT molecular complexity index is 2830. The minimum atomic E-state index is 1.27. The van der Waals surface area contributed by atoms with Crippen molar-refractivity contribution < 1.29 is 0 Å². The molecule has 0 atom stereocenters. The average Bonchev–Trinajstić information content (AvgIpc) is 3.94. The van der Waals surface area contributed by atoms with Gasteiger partial charge in [0.25, 0.3) is 0 Å². The van der Waals surface area contributed by atoms with Crippen LogP contribution in [0.5, 0.6) is 0 Å². The molecule has 16 bridgehead atoms. The van der Waals surface area contributed by atoms with Gasteiger partial charge in [0.15, 0.2) is 0 Å². The lowest BCUT2D eigenvalue weighted by molar-refractivity contribution is 1.71. The van der Waals surface area contributed by atoms with E-state index in [0.29, 0.717) is 0 Å². The molecular weight excluding hydrogens is 705 g/mol. The Kier molecular flexibility index (Phi) is 5.52. The first-order chi connectivity index (χ1) is 25.7. The molecule has 0 saturated carbocycles. The van der Waals surface area contributed by atoms with Crippen molar-refractivity contribution in [2.24, 2.45) is 0 Å². The van der Waals surface area contributed by atoms with Gasteiger partial charge in [-0.15, -0.1) is 45.3 Å².